The minimum atomic E-state index is -0.865. The number of fused-ring (bicyclic) bond motifs is 5. The Morgan fingerprint density at radius 1 is 0.581 bits per heavy atom. The summed E-state index contributed by atoms with van der Waals surface area (Å²) in [6.07, 6.45) is 0.702. The predicted octanol–water partition coefficient (Wildman–Crippen LogP) is 7.71. The van der Waals surface area contributed by atoms with E-state index in [4.69, 9.17) is 0 Å². The Balaban J connectivity index is 1.64. The number of carboxylic acid groups (broad SMARTS) is 1. The molecule has 31 heavy (non-hydrogen) atoms. The van der Waals surface area contributed by atoms with Crippen molar-refractivity contribution in [1.29, 1.82) is 0 Å². The first kappa shape index (κ1) is 17.9. The summed E-state index contributed by atoms with van der Waals surface area (Å²) in [6, 6.07) is 30.1. The fraction of sp³-hybridized carbons (Fsp3) is 0.0690. The molecule has 0 amide bonds. The third-order valence-electron chi connectivity index (χ3n) is 6.40. The maximum Gasteiger partial charge on any atom is 0.335 e. The highest BCUT2D eigenvalue weighted by Gasteiger charge is 2.11. The van der Waals surface area contributed by atoms with E-state index in [1.165, 1.54) is 37.7 Å². The second-order valence-corrected chi connectivity index (χ2v) is 8.31. The van der Waals surface area contributed by atoms with E-state index in [1.54, 1.807) is 0 Å². The maximum atomic E-state index is 11.7. The number of carboxylic acids is 1. The van der Waals surface area contributed by atoms with E-state index in [1.807, 2.05) is 19.1 Å². The summed E-state index contributed by atoms with van der Waals surface area (Å²) < 4.78 is 0. The number of aryl methyl sites for hydroxylation is 1. The molecule has 0 aliphatic carbocycles. The molecule has 0 fully saturated rings. The van der Waals surface area contributed by atoms with E-state index in [0.717, 1.165) is 21.7 Å². The van der Waals surface area contributed by atoms with Crippen LogP contribution in [0.1, 0.15) is 22.8 Å². The number of hydrogen-bond acceptors (Lipinski definition) is 1. The molecule has 1 N–H and O–H groups in total. The number of rotatable bonds is 2. The molecule has 0 radical (unpaired) electrons. The van der Waals surface area contributed by atoms with Gasteiger partial charge in [-0.2, -0.15) is 0 Å². The van der Waals surface area contributed by atoms with Crippen molar-refractivity contribution in [2.45, 2.75) is 13.3 Å². The number of aromatic carboxylic acids is 1. The summed E-state index contributed by atoms with van der Waals surface area (Å²) in [5, 5.41) is 21.3. The quantitative estimate of drug-likeness (QED) is 0.302. The summed E-state index contributed by atoms with van der Waals surface area (Å²) in [6.45, 7) is 2.00. The second-order valence-electron chi connectivity index (χ2n) is 8.31. The molecule has 0 saturated carbocycles. The van der Waals surface area contributed by atoms with E-state index >= 15 is 0 Å². The van der Waals surface area contributed by atoms with Crippen LogP contribution in [0.4, 0.5) is 0 Å². The van der Waals surface area contributed by atoms with Gasteiger partial charge in [-0.3, -0.25) is 0 Å². The van der Waals surface area contributed by atoms with Gasteiger partial charge in [-0.1, -0.05) is 37.3 Å². The minimum Gasteiger partial charge on any atom is -0.478 e. The van der Waals surface area contributed by atoms with Gasteiger partial charge in [-0.15, -0.1) is 0 Å². The van der Waals surface area contributed by atoms with Gasteiger partial charge in [0.15, 0.2) is 0 Å². The molecule has 0 aliphatic heterocycles. The van der Waals surface area contributed by atoms with Gasteiger partial charge < -0.3 is 5.11 Å². The molecular formula is C29H20O2. The van der Waals surface area contributed by atoms with Crippen LogP contribution in [0, 0.1) is 0 Å². The van der Waals surface area contributed by atoms with Crippen molar-refractivity contribution in [3.8, 4) is 0 Å². The van der Waals surface area contributed by atoms with Crippen LogP contribution in [-0.2, 0) is 6.42 Å². The lowest BCUT2D eigenvalue weighted by Crippen LogP contribution is -2.01. The third-order valence-corrected chi connectivity index (χ3v) is 6.40. The van der Waals surface area contributed by atoms with Crippen LogP contribution in [0.25, 0.3) is 53.9 Å². The smallest absolute Gasteiger partial charge is 0.335 e. The molecule has 0 unspecified atom stereocenters. The fourth-order valence-electron chi connectivity index (χ4n) is 4.79. The SMILES string of the molecule is CCc1cc2cc3cc4cc5cc6ccccc6cc5cc4cc3cc2cc1C(=O)O. The zero-order valence-electron chi connectivity index (χ0n) is 17.1. The largest absolute Gasteiger partial charge is 0.478 e. The number of benzene rings is 6. The van der Waals surface area contributed by atoms with E-state index < -0.39 is 5.97 Å². The summed E-state index contributed by atoms with van der Waals surface area (Å²) in [4.78, 5) is 11.7. The molecule has 0 aliphatic rings. The van der Waals surface area contributed by atoms with Crippen LogP contribution in [0.3, 0.4) is 0 Å². The van der Waals surface area contributed by atoms with Crippen LogP contribution < -0.4 is 0 Å². The Morgan fingerprint density at radius 2 is 0.935 bits per heavy atom. The zero-order chi connectivity index (χ0) is 21.1. The fourth-order valence-corrected chi connectivity index (χ4v) is 4.79. The standard InChI is InChI=1S/C29H20O2/c1-2-17-7-20-10-23-13-24-11-21-8-18-5-3-4-6-19(18)9-22(21)12-25(24)14-26(23)15-27(20)16-28(17)29(30)31/h3-16H,2H2,1H3,(H,30,31). The van der Waals surface area contributed by atoms with Crippen LogP contribution >= 0.6 is 0 Å². The van der Waals surface area contributed by atoms with Gasteiger partial charge >= 0.3 is 5.97 Å². The Morgan fingerprint density at radius 3 is 1.32 bits per heavy atom. The lowest BCUT2D eigenvalue weighted by atomic mass is 9.94. The molecule has 6 aromatic rings. The van der Waals surface area contributed by atoms with Gasteiger partial charge in [0.1, 0.15) is 0 Å². The maximum absolute atomic E-state index is 11.7. The van der Waals surface area contributed by atoms with Gasteiger partial charge in [0.2, 0.25) is 0 Å². The molecule has 0 spiro atoms. The predicted molar refractivity (Wildman–Crippen MR) is 130 cm³/mol. The minimum absolute atomic E-state index is 0.396. The molecule has 148 valence electrons. The highest BCUT2D eigenvalue weighted by molar-refractivity contribution is 6.10. The summed E-state index contributed by atoms with van der Waals surface area (Å²) >= 11 is 0. The van der Waals surface area contributed by atoms with Crippen LogP contribution in [0.2, 0.25) is 0 Å². The van der Waals surface area contributed by atoms with Gasteiger partial charge in [0, 0.05) is 0 Å². The normalized spacial score (nSPS) is 11.8. The van der Waals surface area contributed by atoms with Crippen molar-refractivity contribution < 1.29 is 9.90 Å². The summed E-state index contributed by atoms with van der Waals surface area (Å²) in [7, 11) is 0. The lowest BCUT2D eigenvalue weighted by molar-refractivity contribution is 0.0696. The highest BCUT2D eigenvalue weighted by Crippen LogP contribution is 2.32. The topological polar surface area (TPSA) is 37.3 Å². The first-order valence-corrected chi connectivity index (χ1v) is 10.6. The second kappa shape index (κ2) is 6.55. The average Bonchev–Trinajstić information content (AvgIpc) is 2.77. The zero-order valence-corrected chi connectivity index (χ0v) is 17.1. The average molecular weight is 400 g/mol. The Labute approximate surface area is 179 Å². The Hall–Kier alpha value is -3.91. The first-order chi connectivity index (χ1) is 15.1. The van der Waals surface area contributed by atoms with Crippen LogP contribution in [0.5, 0.6) is 0 Å². The van der Waals surface area contributed by atoms with Gasteiger partial charge in [-0.25, -0.2) is 4.79 Å². The molecule has 0 atom stereocenters. The molecule has 6 aromatic carbocycles. The van der Waals surface area contributed by atoms with Crippen molar-refractivity contribution in [3.63, 3.8) is 0 Å². The molecule has 6 rings (SSSR count). The molecular weight excluding hydrogens is 380 g/mol. The molecule has 0 aromatic heterocycles. The van der Waals surface area contributed by atoms with E-state index in [9.17, 15) is 9.90 Å². The van der Waals surface area contributed by atoms with Crippen molar-refractivity contribution in [2.75, 3.05) is 0 Å². The Kier molecular flexibility index (Phi) is 3.78. The van der Waals surface area contributed by atoms with Crippen molar-refractivity contribution >= 4 is 59.8 Å². The van der Waals surface area contributed by atoms with Crippen LogP contribution in [-0.4, -0.2) is 11.1 Å². The summed E-state index contributed by atoms with van der Waals surface area (Å²) in [5.74, 6) is -0.865. The highest BCUT2D eigenvalue weighted by atomic mass is 16.4. The lowest BCUT2D eigenvalue weighted by Gasteiger charge is -2.10. The number of carbonyl (C=O) groups is 1. The molecule has 0 saturated heterocycles. The Bertz CT molecular complexity index is 1690. The van der Waals surface area contributed by atoms with Gasteiger partial charge in [-0.05, 0) is 120 Å². The molecule has 2 nitrogen and oxygen atoms in total. The van der Waals surface area contributed by atoms with Crippen LogP contribution in [0.15, 0.2) is 84.9 Å². The summed E-state index contributed by atoms with van der Waals surface area (Å²) in [5.41, 5.74) is 1.27. The van der Waals surface area contributed by atoms with Crippen molar-refractivity contribution in [3.05, 3.63) is 96.1 Å². The number of hydrogen-bond donors (Lipinski definition) is 1. The monoisotopic (exact) mass is 400 g/mol. The third kappa shape index (κ3) is 2.83. The molecule has 0 bridgehead atoms. The molecule has 0 heterocycles. The van der Waals surface area contributed by atoms with Crippen molar-refractivity contribution in [1.82, 2.24) is 0 Å². The molecule has 2 heteroatoms. The first-order valence-electron chi connectivity index (χ1n) is 10.6. The van der Waals surface area contributed by atoms with Gasteiger partial charge in [0.25, 0.3) is 0 Å². The van der Waals surface area contributed by atoms with E-state index in [0.29, 0.717) is 12.0 Å². The van der Waals surface area contributed by atoms with E-state index in [-0.39, 0.29) is 0 Å². The van der Waals surface area contributed by atoms with Gasteiger partial charge in [0.05, 0.1) is 5.56 Å². The van der Waals surface area contributed by atoms with E-state index in [2.05, 4.69) is 72.8 Å². The van der Waals surface area contributed by atoms with Crippen molar-refractivity contribution in [2.24, 2.45) is 0 Å².